The molecule has 5 aliphatic carbocycles. The fourth-order valence-electron chi connectivity index (χ4n) is 10.8. The van der Waals surface area contributed by atoms with Crippen molar-refractivity contribution in [2.45, 2.75) is 118 Å². The molecule has 0 bridgehead atoms. The molecule has 0 aliphatic heterocycles. The number of carbonyl (C=O) groups is 1. The first-order valence-corrected chi connectivity index (χ1v) is 13.9. The maximum absolute atomic E-state index is 12.8. The molecule has 5 rings (SSSR count). The van der Waals surface area contributed by atoms with Gasteiger partial charge in [0.1, 0.15) is 0 Å². The predicted molar refractivity (Wildman–Crippen MR) is 134 cm³/mol. The summed E-state index contributed by atoms with van der Waals surface area (Å²) in [5.41, 5.74) is 0.754. The number of aliphatic carboxylic acids is 1. The zero-order valence-electron chi connectivity index (χ0n) is 22.6. The van der Waals surface area contributed by atoms with Gasteiger partial charge in [0, 0.05) is 0 Å². The summed E-state index contributed by atoms with van der Waals surface area (Å²) < 4.78 is 0. The number of aliphatic hydroxyl groups is 2. The van der Waals surface area contributed by atoms with Gasteiger partial charge in [-0.05, 0) is 103 Å². The van der Waals surface area contributed by atoms with Crippen LogP contribution < -0.4 is 0 Å². The van der Waals surface area contributed by atoms with Crippen LogP contribution in [0.25, 0.3) is 0 Å². The van der Waals surface area contributed by atoms with Crippen LogP contribution in [0, 0.1) is 50.2 Å². The van der Waals surface area contributed by atoms with E-state index in [1.54, 1.807) is 0 Å². The van der Waals surface area contributed by atoms with Crippen LogP contribution in [0.3, 0.4) is 0 Å². The lowest BCUT2D eigenvalue weighted by atomic mass is 9.33. The number of carboxylic acids is 1. The lowest BCUT2D eigenvalue weighted by Gasteiger charge is -2.71. The van der Waals surface area contributed by atoms with E-state index in [-0.39, 0.29) is 33.0 Å². The zero-order chi connectivity index (χ0) is 25.1. The quantitative estimate of drug-likeness (QED) is 0.397. The Morgan fingerprint density at radius 1 is 0.882 bits per heavy atom. The van der Waals surface area contributed by atoms with Crippen molar-refractivity contribution in [3.63, 3.8) is 0 Å². The van der Waals surface area contributed by atoms with Crippen LogP contribution in [0.4, 0.5) is 0 Å². The first-order valence-electron chi connectivity index (χ1n) is 13.9. The molecule has 4 fully saturated rings. The first kappa shape index (κ1) is 24.8. The van der Waals surface area contributed by atoms with Crippen molar-refractivity contribution >= 4 is 5.97 Å². The van der Waals surface area contributed by atoms with Crippen molar-refractivity contribution in [3.05, 3.63) is 11.6 Å². The molecule has 0 aromatic carbocycles. The summed E-state index contributed by atoms with van der Waals surface area (Å²) in [5.74, 6) is 0.365. The second-order valence-electron chi connectivity index (χ2n) is 15.2. The van der Waals surface area contributed by atoms with Crippen molar-refractivity contribution < 1.29 is 20.1 Å². The number of rotatable bonds is 1. The van der Waals surface area contributed by atoms with Crippen LogP contribution >= 0.6 is 0 Å². The van der Waals surface area contributed by atoms with Gasteiger partial charge in [-0.25, -0.2) is 0 Å². The molecular formula is C30H48O4. The standard InChI is InChI=1S/C30H48O4/c1-25(2)12-14-30(24(33)34)15-13-28(6)18(19(30)16-25)8-9-22-27(5)17-20(31)23(32)26(3,4)21(27)10-11-29(22,28)7/h8,19-23,31-32H,9-17H2,1-7H3,(H,33,34)/t19-,20-,21-,22+,23-,27-,28-,29-,30-/m1/s1. The summed E-state index contributed by atoms with van der Waals surface area (Å²) in [5, 5.41) is 32.4. The van der Waals surface area contributed by atoms with E-state index >= 15 is 0 Å². The van der Waals surface area contributed by atoms with Crippen LogP contribution in [0.15, 0.2) is 11.6 Å². The van der Waals surface area contributed by atoms with Gasteiger partial charge in [0.15, 0.2) is 0 Å². The second kappa shape index (κ2) is 7.12. The smallest absolute Gasteiger partial charge is 0.310 e. The minimum Gasteiger partial charge on any atom is -0.481 e. The van der Waals surface area contributed by atoms with Crippen molar-refractivity contribution in [3.8, 4) is 0 Å². The highest BCUT2D eigenvalue weighted by atomic mass is 16.4. The number of allylic oxidation sites excluding steroid dienone is 2. The average Bonchev–Trinajstić information content (AvgIpc) is 2.72. The highest BCUT2D eigenvalue weighted by Gasteiger charge is 2.70. The zero-order valence-corrected chi connectivity index (χ0v) is 22.6. The van der Waals surface area contributed by atoms with Gasteiger partial charge in [0.25, 0.3) is 0 Å². The van der Waals surface area contributed by atoms with Crippen molar-refractivity contribution in [1.82, 2.24) is 0 Å². The van der Waals surface area contributed by atoms with E-state index in [2.05, 4.69) is 54.5 Å². The average molecular weight is 473 g/mol. The Hall–Kier alpha value is -0.870. The van der Waals surface area contributed by atoms with E-state index < -0.39 is 23.6 Å². The predicted octanol–water partition coefficient (Wildman–Crippen LogP) is 6.20. The minimum absolute atomic E-state index is 0.00785. The molecule has 0 saturated heterocycles. The molecule has 0 amide bonds. The Morgan fingerprint density at radius 3 is 2.18 bits per heavy atom. The molecular weight excluding hydrogens is 424 g/mol. The Kier molecular flexibility index (Phi) is 5.20. The van der Waals surface area contributed by atoms with Gasteiger partial charge >= 0.3 is 5.97 Å². The van der Waals surface area contributed by atoms with Crippen molar-refractivity contribution in [1.29, 1.82) is 0 Å². The molecule has 0 unspecified atom stereocenters. The molecule has 9 atom stereocenters. The Morgan fingerprint density at radius 2 is 1.53 bits per heavy atom. The van der Waals surface area contributed by atoms with E-state index in [1.807, 2.05) is 0 Å². The molecule has 4 saturated carbocycles. The summed E-state index contributed by atoms with van der Waals surface area (Å²) in [6.45, 7) is 16.3. The molecule has 34 heavy (non-hydrogen) atoms. The van der Waals surface area contributed by atoms with Crippen molar-refractivity contribution in [2.75, 3.05) is 0 Å². The van der Waals surface area contributed by atoms with Gasteiger partial charge < -0.3 is 15.3 Å². The van der Waals surface area contributed by atoms with Gasteiger partial charge in [0.05, 0.1) is 17.6 Å². The third-order valence-electron chi connectivity index (χ3n) is 13.0. The van der Waals surface area contributed by atoms with Crippen molar-refractivity contribution in [2.24, 2.45) is 50.2 Å². The maximum atomic E-state index is 12.8. The monoisotopic (exact) mass is 472 g/mol. The topological polar surface area (TPSA) is 77.8 Å². The number of fused-ring (bicyclic) bond motifs is 7. The Bertz CT molecular complexity index is 919. The molecule has 5 aliphatic rings. The number of aliphatic hydroxyl groups excluding tert-OH is 2. The third kappa shape index (κ3) is 2.88. The molecule has 192 valence electrons. The van der Waals surface area contributed by atoms with Gasteiger partial charge in [-0.2, -0.15) is 0 Å². The number of hydrogen-bond acceptors (Lipinski definition) is 3. The summed E-state index contributed by atoms with van der Waals surface area (Å²) in [4.78, 5) is 12.8. The van der Waals surface area contributed by atoms with E-state index in [1.165, 1.54) is 5.57 Å². The maximum Gasteiger partial charge on any atom is 0.310 e. The van der Waals surface area contributed by atoms with Crippen LogP contribution in [-0.2, 0) is 4.79 Å². The minimum atomic E-state index is -0.679. The van der Waals surface area contributed by atoms with Gasteiger partial charge in [-0.15, -0.1) is 0 Å². The number of hydrogen-bond donors (Lipinski definition) is 3. The molecule has 0 heterocycles. The summed E-state index contributed by atoms with van der Waals surface area (Å²) in [6, 6.07) is 0. The van der Waals surface area contributed by atoms with E-state index in [9.17, 15) is 20.1 Å². The van der Waals surface area contributed by atoms with E-state index in [0.29, 0.717) is 18.3 Å². The molecule has 0 radical (unpaired) electrons. The summed E-state index contributed by atoms with van der Waals surface area (Å²) in [7, 11) is 0. The second-order valence-corrected chi connectivity index (χ2v) is 15.2. The lowest BCUT2D eigenvalue weighted by molar-refractivity contribution is -0.231. The van der Waals surface area contributed by atoms with E-state index in [0.717, 1.165) is 51.4 Å². The molecule has 4 nitrogen and oxygen atoms in total. The molecule has 0 aromatic rings. The number of carboxylic acid groups (broad SMARTS) is 1. The van der Waals surface area contributed by atoms with Crippen LogP contribution in [-0.4, -0.2) is 33.5 Å². The van der Waals surface area contributed by atoms with Crippen LogP contribution in [0.2, 0.25) is 0 Å². The van der Waals surface area contributed by atoms with Gasteiger partial charge in [-0.1, -0.05) is 60.1 Å². The molecule has 0 aromatic heterocycles. The highest BCUT2D eigenvalue weighted by molar-refractivity contribution is 5.76. The first-order chi connectivity index (χ1) is 15.6. The van der Waals surface area contributed by atoms with E-state index in [4.69, 9.17) is 0 Å². The van der Waals surface area contributed by atoms with Crippen LogP contribution in [0.5, 0.6) is 0 Å². The van der Waals surface area contributed by atoms with Gasteiger partial charge in [-0.3, -0.25) is 4.79 Å². The normalized spacial score (nSPS) is 53.4. The Balaban J connectivity index is 1.61. The molecule has 0 spiro atoms. The Labute approximate surface area is 206 Å². The highest BCUT2D eigenvalue weighted by Crippen LogP contribution is 2.75. The fourth-order valence-corrected chi connectivity index (χ4v) is 10.8. The largest absolute Gasteiger partial charge is 0.481 e. The lowest BCUT2D eigenvalue weighted by Crippen LogP contribution is -2.67. The molecule has 4 heteroatoms. The third-order valence-corrected chi connectivity index (χ3v) is 13.0. The SMILES string of the molecule is CC1(C)CC[C@@]2(C(=O)O)CC[C@]3(C)C(=CC[C@H]4[C@]5(C)C[C@@H](O)[C@@H](O)C(C)(C)[C@H]5CC[C@]43C)[C@H]2C1. The molecule has 3 N–H and O–H groups in total. The summed E-state index contributed by atoms with van der Waals surface area (Å²) in [6.07, 6.45) is 9.45. The fraction of sp³-hybridized carbons (Fsp3) is 0.900. The van der Waals surface area contributed by atoms with Gasteiger partial charge in [0.2, 0.25) is 0 Å². The van der Waals surface area contributed by atoms with Crippen LogP contribution in [0.1, 0.15) is 106 Å². The summed E-state index contributed by atoms with van der Waals surface area (Å²) >= 11 is 0.